The first-order valence-electron chi connectivity index (χ1n) is 13.1. The summed E-state index contributed by atoms with van der Waals surface area (Å²) in [5.74, 6) is 7.07. The van der Waals surface area contributed by atoms with Crippen LogP contribution in [-0.4, -0.2) is 65.4 Å². The molecule has 2 aromatic carbocycles. The van der Waals surface area contributed by atoms with Crippen LogP contribution in [0.3, 0.4) is 0 Å². The lowest BCUT2D eigenvalue weighted by molar-refractivity contribution is -0.126. The van der Waals surface area contributed by atoms with Gasteiger partial charge in [0.1, 0.15) is 12.1 Å². The second-order valence-electron chi connectivity index (χ2n) is 9.98. The van der Waals surface area contributed by atoms with Crippen molar-refractivity contribution >= 4 is 32.8 Å². The number of aromatic nitrogens is 3. The number of anilines is 2. The maximum atomic E-state index is 14.3. The molecule has 2 atom stereocenters. The van der Waals surface area contributed by atoms with E-state index in [0.29, 0.717) is 50.9 Å². The van der Waals surface area contributed by atoms with Gasteiger partial charge in [0, 0.05) is 31.6 Å². The number of alkyl halides is 4. The number of hydrogen-bond donors (Lipinski definition) is 2. The second-order valence-corrected chi connectivity index (χ2v) is 11.0. The average molecular weight is 587 g/mol. The summed E-state index contributed by atoms with van der Waals surface area (Å²) >= 11 is 1.23. The number of fused-ring (bicyclic) bond motifs is 1. The molecular weight excluding hydrogens is 556 g/mol. The van der Waals surface area contributed by atoms with E-state index in [-0.39, 0.29) is 18.2 Å². The largest absolute Gasteiger partial charge is 0.495 e. The molecule has 5 rings (SSSR count). The first-order chi connectivity index (χ1) is 19.6. The quantitative estimate of drug-likeness (QED) is 0.156. The highest BCUT2D eigenvalue weighted by Crippen LogP contribution is 2.39. The maximum absolute atomic E-state index is 14.3. The first-order valence-corrected chi connectivity index (χ1v) is 13.9. The number of piperidine rings is 1. The highest BCUT2D eigenvalue weighted by atomic mass is 32.1. The highest BCUT2D eigenvalue weighted by molar-refractivity contribution is 7.20. The Morgan fingerprint density at radius 3 is 2.71 bits per heavy atom. The molecule has 2 aromatic heterocycles. The fourth-order valence-electron chi connectivity index (χ4n) is 4.86. The molecular formula is C29H30F4N6OS. The predicted octanol–water partition coefficient (Wildman–Crippen LogP) is 6.08. The molecule has 0 amide bonds. The van der Waals surface area contributed by atoms with Crippen LogP contribution in [0.4, 0.5) is 28.9 Å². The van der Waals surface area contributed by atoms with E-state index < -0.39 is 18.9 Å². The number of aryl methyl sites for hydroxylation is 1. The van der Waals surface area contributed by atoms with Crippen LogP contribution in [0.1, 0.15) is 23.3 Å². The van der Waals surface area contributed by atoms with Gasteiger partial charge >= 0.3 is 6.18 Å². The van der Waals surface area contributed by atoms with Gasteiger partial charge in [-0.3, -0.25) is 9.58 Å². The van der Waals surface area contributed by atoms with Crippen molar-refractivity contribution in [1.29, 1.82) is 0 Å². The summed E-state index contributed by atoms with van der Waals surface area (Å²) in [6.07, 6.45) is -3.85. The Morgan fingerprint density at radius 2 is 2.00 bits per heavy atom. The van der Waals surface area contributed by atoms with E-state index in [0.717, 1.165) is 12.0 Å². The topological polar surface area (TPSA) is 67.2 Å². The number of methoxy groups -OCH3 is 1. The summed E-state index contributed by atoms with van der Waals surface area (Å²) in [6.45, 7) is 0.797. The summed E-state index contributed by atoms with van der Waals surface area (Å²) in [5.41, 5.74) is 2.33. The van der Waals surface area contributed by atoms with E-state index in [1.165, 1.54) is 11.3 Å². The minimum absolute atomic E-state index is 0.103. The van der Waals surface area contributed by atoms with Crippen molar-refractivity contribution in [2.24, 2.45) is 7.05 Å². The number of likely N-dealkylation sites (tertiary alicyclic amines) is 1. The lowest BCUT2D eigenvalue weighted by Gasteiger charge is -2.33. The molecule has 1 aliphatic rings. The number of hydrogen-bond acceptors (Lipinski definition) is 7. The number of benzene rings is 2. The van der Waals surface area contributed by atoms with E-state index in [2.05, 4.69) is 32.6 Å². The van der Waals surface area contributed by atoms with Crippen LogP contribution in [0.2, 0.25) is 0 Å². The summed E-state index contributed by atoms with van der Waals surface area (Å²) in [4.78, 5) is 6.27. The van der Waals surface area contributed by atoms with E-state index >= 15 is 0 Å². The molecule has 0 bridgehead atoms. The van der Waals surface area contributed by atoms with Gasteiger partial charge in [-0.2, -0.15) is 18.3 Å². The van der Waals surface area contributed by atoms with E-state index in [1.807, 2.05) is 24.3 Å². The standard InChI is InChI=1S/C29H30F4N6OS/c1-38-13-11-19(15-26(38)30)36-23-7-4-6-20-21(16-29(31,32)33)25(41-27(20)23)8-5-12-34-22-10-9-18(14-24(22)40-3)28-35-17-39(2)37-28/h4,6-7,9-10,14,17,19,26,34,36H,11-13,15-16H2,1-3H3. The minimum Gasteiger partial charge on any atom is -0.495 e. The summed E-state index contributed by atoms with van der Waals surface area (Å²) in [6, 6.07) is 10.6. The van der Waals surface area contributed by atoms with Crippen LogP contribution in [0.15, 0.2) is 42.7 Å². The lowest BCUT2D eigenvalue weighted by Crippen LogP contribution is -2.41. The van der Waals surface area contributed by atoms with Gasteiger partial charge in [0.15, 0.2) is 12.1 Å². The summed E-state index contributed by atoms with van der Waals surface area (Å²) in [5, 5.41) is 11.4. The van der Waals surface area contributed by atoms with Gasteiger partial charge in [0.25, 0.3) is 0 Å². The molecule has 4 aromatic rings. The molecule has 0 radical (unpaired) electrons. The van der Waals surface area contributed by atoms with Gasteiger partial charge < -0.3 is 15.4 Å². The van der Waals surface area contributed by atoms with Crippen molar-refractivity contribution in [2.75, 3.05) is 37.9 Å². The smallest absolute Gasteiger partial charge is 0.393 e. The van der Waals surface area contributed by atoms with Crippen LogP contribution in [0.5, 0.6) is 5.75 Å². The minimum atomic E-state index is -4.39. The van der Waals surface area contributed by atoms with Crippen molar-refractivity contribution < 1.29 is 22.3 Å². The molecule has 1 saturated heterocycles. The molecule has 0 spiro atoms. The Hall–Kier alpha value is -3.82. The fourth-order valence-corrected chi connectivity index (χ4v) is 6.03. The van der Waals surface area contributed by atoms with Crippen molar-refractivity contribution in [2.45, 2.75) is 37.8 Å². The number of halogens is 4. The van der Waals surface area contributed by atoms with Gasteiger partial charge in [-0.05, 0) is 48.7 Å². The predicted molar refractivity (Wildman–Crippen MR) is 154 cm³/mol. The molecule has 0 aliphatic carbocycles. The Labute approximate surface area is 239 Å². The molecule has 2 unspecified atom stereocenters. The highest BCUT2D eigenvalue weighted by Gasteiger charge is 2.31. The third kappa shape index (κ3) is 6.74. The van der Waals surface area contributed by atoms with Gasteiger partial charge in [-0.25, -0.2) is 9.37 Å². The third-order valence-electron chi connectivity index (χ3n) is 6.97. The van der Waals surface area contributed by atoms with Crippen molar-refractivity contribution in [1.82, 2.24) is 19.7 Å². The zero-order chi connectivity index (χ0) is 29.1. The van der Waals surface area contributed by atoms with Gasteiger partial charge in [-0.1, -0.05) is 24.0 Å². The van der Waals surface area contributed by atoms with E-state index in [1.54, 1.807) is 49.2 Å². The van der Waals surface area contributed by atoms with Crippen molar-refractivity contribution in [3.63, 3.8) is 0 Å². The number of nitrogens with one attached hydrogen (secondary N) is 2. The van der Waals surface area contributed by atoms with Crippen LogP contribution in [0, 0.1) is 11.8 Å². The van der Waals surface area contributed by atoms with Crippen LogP contribution in [-0.2, 0) is 13.5 Å². The Balaban J connectivity index is 1.37. The summed E-state index contributed by atoms with van der Waals surface area (Å²) in [7, 11) is 5.08. The second kappa shape index (κ2) is 12.0. The Morgan fingerprint density at radius 1 is 1.17 bits per heavy atom. The molecule has 12 heteroatoms. The third-order valence-corrected chi connectivity index (χ3v) is 8.17. The normalized spacial score (nSPS) is 17.7. The molecule has 41 heavy (non-hydrogen) atoms. The number of ether oxygens (including phenoxy) is 1. The zero-order valence-electron chi connectivity index (χ0n) is 22.8. The monoisotopic (exact) mass is 586 g/mol. The van der Waals surface area contributed by atoms with Crippen molar-refractivity contribution in [3.8, 4) is 29.0 Å². The van der Waals surface area contributed by atoms with Crippen LogP contribution in [0.25, 0.3) is 21.5 Å². The number of thiophene rings is 1. The zero-order valence-corrected chi connectivity index (χ0v) is 23.7. The number of nitrogens with zero attached hydrogens (tertiary/aromatic N) is 4. The van der Waals surface area contributed by atoms with E-state index in [4.69, 9.17) is 4.74 Å². The van der Waals surface area contributed by atoms with Gasteiger partial charge in [-0.15, -0.1) is 11.3 Å². The maximum Gasteiger partial charge on any atom is 0.393 e. The van der Waals surface area contributed by atoms with Gasteiger partial charge in [0.05, 0.1) is 41.0 Å². The molecule has 1 fully saturated rings. The molecule has 1 aliphatic heterocycles. The molecule has 0 saturated carbocycles. The summed E-state index contributed by atoms with van der Waals surface area (Å²) < 4.78 is 62.8. The molecule has 3 heterocycles. The van der Waals surface area contributed by atoms with Crippen LogP contribution >= 0.6 is 11.3 Å². The van der Waals surface area contributed by atoms with Gasteiger partial charge in [0.2, 0.25) is 0 Å². The van der Waals surface area contributed by atoms with E-state index in [9.17, 15) is 17.6 Å². The van der Waals surface area contributed by atoms with Crippen LogP contribution < -0.4 is 15.4 Å². The Kier molecular flexibility index (Phi) is 8.37. The first kappa shape index (κ1) is 28.7. The average Bonchev–Trinajstić information content (AvgIpc) is 3.52. The Bertz CT molecular complexity index is 1590. The fraction of sp³-hybridized carbons (Fsp3) is 0.379. The molecule has 2 N–H and O–H groups in total. The molecule has 216 valence electrons. The lowest BCUT2D eigenvalue weighted by atomic mass is 10.0. The van der Waals surface area contributed by atoms with Crippen molar-refractivity contribution in [3.05, 3.63) is 53.2 Å². The molecule has 7 nitrogen and oxygen atoms in total. The number of rotatable bonds is 7. The SMILES string of the molecule is COc1cc(-c2ncn(C)n2)ccc1NCC#Cc1sc2c(NC3CCN(C)C(F)C3)cccc2c1CC(F)(F)F.